The van der Waals surface area contributed by atoms with Crippen LogP contribution in [0.2, 0.25) is 0 Å². The number of aromatic nitrogens is 1. The van der Waals surface area contributed by atoms with Crippen LogP contribution in [0.5, 0.6) is 0 Å². The van der Waals surface area contributed by atoms with Crippen LogP contribution in [0, 0.1) is 6.92 Å². The number of fused-ring (bicyclic) bond motifs is 3. The van der Waals surface area contributed by atoms with Crippen LogP contribution < -0.4 is 0 Å². The number of rotatable bonds is 1. The number of hydrogen-bond donors (Lipinski definition) is 1. The lowest BCUT2D eigenvalue weighted by molar-refractivity contribution is 0.0901. The first-order valence-corrected chi connectivity index (χ1v) is 8.22. The number of aryl methyl sites for hydroxylation is 2. The SMILES string of the molecule is CCN1C[C@@H](O)Cn2c3c(c4cc(C)ccc42)CCC[C@@H]31. The topological polar surface area (TPSA) is 28.4 Å². The third-order valence-corrected chi connectivity index (χ3v) is 5.27. The molecule has 3 nitrogen and oxygen atoms in total. The monoisotopic (exact) mass is 284 g/mol. The molecule has 2 atom stereocenters. The minimum Gasteiger partial charge on any atom is -0.390 e. The van der Waals surface area contributed by atoms with E-state index in [2.05, 4.69) is 41.5 Å². The van der Waals surface area contributed by atoms with E-state index in [-0.39, 0.29) is 6.10 Å². The van der Waals surface area contributed by atoms with Crippen LogP contribution in [0.3, 0.4) is 0 Å². The number of benzene rings is 1. The molecule has 2 aromatic rings. The minimum atomic E-state index is -0.267. The lowest BCUT2D eigenvalue weighted by Gasteiger charge is -2.33. The fourth-order valence-electron chi connectivity index (χ4n) is 4.38. The van der Waals surface area contributed by atoms with Gasteiger partial charge in [-0.1, -0.05) is 18.6 Å². The molecule has 112 valence electrons. The fraction of sp³-hybridized carbons (Fsp3) is 0.556. The summed E-state index contributed by atoms with van der Waals surface area (Å²) >= 11 is 0. The summed E-state index contributed by atoms with van der Waals surface area (Å²) in [5, 5.41) is 11.8. The van der Waals surface area contributed by atoms with Crippen LogP contribution in [0.4, 0.5) is 0 Å². The second-order valence-corrected chi connectivity index (χ2v) is 6.64. The lowest BCUT2D eigenvalue weighted by atomic mass is 9.90. The summed E-state index contributed by atoms with van der Waals surface area (Å²) in [6.07, 6.45) is 3.41. The molecule has 0 saturated carbocycles. The van der Waals surface area contributed by atoms with Crippen LogP contribution in [0.25, 0.3) is 10.9 Å². The molecule has 1 aliphatic heterocycles. The van der Waals surface area contributed by atoms with E-state index in [9.17, 15) is 5.11 Å². The first-order valence-electron chi connectivity index (χ1n) is 8.22. The zero-order valence-corrected chi connectivity index (χ0v) is 13.0. The van der Waals surface area contributed by atoms with E-state index >= 15 is 0 Å². The Labute approximate surface area is 126 Å². The van der Waals surface area contributed by atoms with E-state index in [0.717, 1.165) is 19.6 Å². The first kappa shape index (κ1) is 13.4. The second kappa shape index (κ2) is 4.85. The maximum atomic E-state index is 10.4. The molecule has 0 fully saturated rings. The standard InChI is InChI=1S/C18H24N2O/c1-3-19-10-13(21)11-20-16-8-7-12(2)9-15(16)14-5-4-6-17(19)18(14)20/h7-9,13,17,21H,3-6,10-11H2,1-2H3/t13-,17+/m1/s1. The average molecular weight is 284 g/mol. The largest absolute Gasteiger partial charge is 0.390 e. The molecule has 0 saturated heterocycles. The Hall–Kier alpha value is -1.32. The maximum absolute atomic E-state index is 10.4. The van der Waals surface area contributed by atoms with Crippen molar-refractivity contribution in [1.29, 1.82) is 0 Å². The van der Waals surface area contributed by atoms with Gasteiger partial charge in [-0.05, 0) is 50.4 Å². The van der Waals surface area contributed by atoms with Crippen LogP contribution in [0.1, 0.15) is 42.6 Å². The number of β-amino-alcohol motifs (C(OH)–C–C–N with tert-alkyl or cyclic N) is 1. The number of hydrogen-bond acceptors (Lipinski definition) is 2. The van der Waals surface area contributed by atoms with Gasteiger partial charge in [0.25, 0.3) is 0 Å². The van der Waals surface area contributed by atoms with Crippen molar-refractivity contribution in [2.24, 2.45) is 0 Å². The fourth-order valence-corrected chi connectivity index (χ4v) is 4.38. The zero-order valence-electron chi connectivity index (χ0n) is 13.0. The van der Waals surface area contributed by atoms with E-state index in [1.54, 1.807) is 0 Å². The van der Waals surface area contributed by atoms with E-state index in [0.29, 0.717) is 6.04 Å². The van der Waals surface area contributed by atoms with Crippen molar-refractivity contribution in [3.05, 3.63) is 35.0 Å². The second-order valence-electron chi connectivity index (χ2n) is 6.64. The average Bonchev–Trinajstić information content (AvgIpc) is 2.69. The molecule has 0 radical (unpaired) electrons. The highest BCUT2D eigenvalue weighted by atomic mass is 16.3. The molecule has 1 aromatic heterocycles. The summed E-state index contributed by atoms with van der Waals surface area (Å²) in [5.74, 6) is 0. The van der Waals surface area contributed by atoms with Crippen LogP contribution in [0.15, 0.2) is 18.2 Å². The van der Waals surface area contributed by atoms with E-state index in [1.807, 2.05) is 0 Å². The van der Waals surface area contributed by atoms with Gasteiger partial charge in [0.05, 0.1) is 18.7 Å². The van der Waals surface area contributed by atoms with Crippen LogP contribution in [-0.2, 0) is 13.0 Å². The molecular weight excluding hydrogens is 260 g/mol. The molecule has 1 aromatic carbocycles. The number of nitrogens with zero attached hydrogens (tertiary/aromatic N) is 2. The molecule has 2 heterocycles. The Morgan fingerprint density at radius 1 is 1.29 bits per heavy atom. The van der Waals surface area contributed by atoms with Crippen molar-refractivity contribution < 1.29 is 5.11 Å². The van der Waals surface area contributed by atoms with Crippen LogP contribution >= 0.6 is 0 Å². The van der Waals surface area contributed by atoms with Gasteiger partial charge in [-0.2, -0.15) is 0 Å². The Bertz CT molecular complexity index is 688. The summed E-state index contributed by atoms with van der Waals surface area (Å²) in [7, 11) is 0. The molecule has 0 bridgehead atoms. The highest BCUT2D eigenvalue weighted by Crippen LogP contribution is 2.42. The molecule has 0 amide bonds. The number of likely N-dealkylation sites (N-methyl/N-ethyl adjacent to an activating group) is 1. The molecule has 1 aliphatic carbocycles. The smallest absolute Gasteiger partial charge is 0.0846 e. The van der Waals surface area contributed by atoms with E-state index in [4.69, 9.17) is 0 Å². The Balaban J connectivity index is 2.01. The van der Waals surface area contributed by atoms with Gasteiger partial charge in [0.15, 0.2) is 0 Å². The third-order valence-electron chi connectivity index (χ3n) is 5.27. The minimum absolute atomic E-state index is 0.267. The molecule has 2 aliphatic rings. The van der Waals surface area contributed by atoms with E-state index in [1.165, 1.54) is 47.0 Å². The van der Waals surface area contributed by atoms with Gasteiger partial charge in [0, 0.05) is 23.1 Å². The number of aliphatic hydroxyl groups excluding tert-OH is 1. The lowest BCUT2D eigenvalue weighted by Crippen LogP contribution is -2.35. The molecule has 0 unspecified atom stereocenters. The molecule has 1 N–H and O–H groups in total. The summed E-state index contributed by atoms with van der Waals surface area (Å²) in [5.41, 5.74) is 5.67. The van der Waals surface area contributed by atoms with Crippen LogP contribution in [-0.4, -0.2) is 33.8 Å². The molecule has 3 heteroatoms. The number of aliphatic hydroxyl groups is 1. The normalized spacial score (nSPS) is 25.9. The van der Waals surface area contributed by atoms with Gasteiger partial charge in [0.2, 0.25) is 0 Å². The molecule has 21 heavy (non-hydrogen) atoms. The Morgan fingerprint density at radius 3 is 2.95 bits per heavy atom. The van der Waals surface area contributed by atoms with Gasteiger partial charge in [-0.25, -0.2) is 0 Å². The van der Waals surface area contributed by atoms with E-state index < -0.39 is 0 Å². The van der Waals surface area contributed by atoms with Crippen molar-refractivity contribution in [2.75, 3.05) is 13.1 Å². The Kier molecular flexibility index (Phi) is 3.09. The van der Waals surface area contributed by atoms with Gasteiger partial charge >= 0.3 is 0 Å². The van der Waals surface area contributed by atoms with Crippen molar-refractivity contribution in [3.8, 4) is 0 Å². The van der Waals surface area contributed by atoms with Crippen molar-refractivity contribution >= 4 is 10.9 Å². The summed E-state index contributed by atoms with van der Waals surface area (Å²) < 4.78 is 2.41. The van der Waals surface area contributed by atoms with Crippen molar-refractivity contribution in [1.82, 2.24) is 9.47 Å². The summed E-state index contributed by atoms with van der Waals surface area (Å²) in [4.78, 5) is 2.47. The van der Waals surface area contributed by atoms with Crippen molar-refractivity contribution in [2.45, 2.75) is 51.8 Å². The summed E-state index contributed by atoms with van der Waals surface area (Å²) in [6, 6.07) is 7.26. The molecular formula is C18H24N2O. The quantitative estimate of drug-likeness (QED) is 0.872. The zero-order chi connectivity index (χ0) is 14.6. The molecule has 4 rings (SSSR count). The highest BCUT2D eigenvalue weighted by molar-refractivity contribution is 5.87. The van der Waals surface area contributed by atoms with Gasteiger partial charge < -0.3 is 9.67 Å². The predicted molar refractivity (Wildman–Crippen MR) is 85.6 cm³/mol. The highest BCUT2D eigenvalue weighted by Gasteiger charge is 2.34. The Morgan fingerprint density at radius 2 is 2.14 bits per heavy atom. The third kappa shape index (κ3) is 1.95. The molecule has 0 spiro atoms. The van der Waals surface area contributed by atoms with Gasteiger partial charge in [-0.15, -0.1) is 0 Å². The predicted octanol–water partition coefficient (Wildman–Crippen LogP) is 3.02. The summed E-state index contributed by atoms with van der Waals surface area (Å²) in [6.45, 7) is 6.94. The van der Waals surface area contributed by atoms with Gasteiger partial charge in [-0.3, -0.25) is 4.90 Å². The first-order chi connectivity index (χ1) is 10.2. The van der Waals surface area contributed by atoms with Gasteiger partial charge in [0.1, 0.15) is 0 Å². The maximum Gasteiger partial charge on any atom is 0.0846 e. The van der Waals surface area contributed by atoms with Crippen molar-refractivity contribution in [3.63, 3.8) is 0 Å².